The third-order valence-electron chi connectivity index (χ3n) is 6.62. The summed E-state index contributed by atoms with van der Waals surface area (Å²) in [6, 6.07) is 6.90. The number of likely N-dealkylation sites (tertiary alicyclic amines) is 1. The van der Waals surface area contributed by atoms with Gasteiger partial charge >= 0.3 is 6.09 Å². The van der Waals surface area contributed by atoms with E-state index in [1.807, 2.05) is 24.0 Å². The molecule has 6 nitrogen and oxygen atoms in total. The van der Waals surface area contributed by atoms with Crippen LogP contribution in [-0.2, 0) is 25.9 Å². The van der Waals surface area contributed by atoms with Crippen molar-refractivity contribution >= 4 is 15.9 Å². The fraction of sp³-hybridized carbons (Fsp3) is 0.682. The van der Waals surface area contributed by atoms with Crippen LogP contribution in [0.5, 0.6) is 0 Å². The fourth-order valence-electron chi connectivity index (χ4n) is 4.26. The predicted molar refractivity (Wildman–Crippen MR) is 109 cm³/mol. The van der Waals surface area contributed by atoms with Crippen molar-refractivity contribution in [2.75, 3.05) is 26.0 Å². The van der Waals surface area contributed by atoms with Crippen LogP contribution >= 0.6 is 0 Å². The summed E-state index contributed by atoms with van der Waals surface area (Å²) in [4.78, 5) is 14.4. The number of carbonyl (C=O) groups is 1. The van der Waals surface area contributed by atoms with Crippen LogP contribution in [-0.4, -0.2) is 51.0 Å². The zero-order chi connectivity index (χ0) is 20.6. The second-order valence-corrected chi connectivity index (χ2v) is 11.2. The van der Waals surface area contributed by atoms with Gasteiger partial charge in [-0.05, 0) is 74.5 Å². The number of carbonyl (C=O) groups excluding carboxylic acids is 1. The van der Waals surface area contributed by atoms with Crippen LogP contribution in [0.4, 0.5) is 4.79 Å². The molecule has 1 amide bonds. The molecule has 2 aliphatic carbocycles. The second kappa shape index (κ2) is 7.91. The van der Waals surface area contributed by atoms with E-state index in [2.05, 4.69) is 0 Å². The molecular formula is C22H31NO5S. The number of rotatable bonds is 7. The molecule has 1 aromatic rings. The van der Waals surface area contributed by atoms with Crippen LogP contribution in [0.3, 0.4) is 0 Å². The first-order chi connectivity index (χ1) is 13.7. The van der Waals surface area contributed by atoms with Gasteiger partial charge in [0.05, 0.1) is 18.1 Å². The highest BCUT2D eigenvalue weighted by molar-refractivity contribution is 7.90. The van der Waals surface area contributed by atoms with Gasteiger partial charge in [0.15, 0.2) is 9.84 Å². The van der Waals surface area contributed by atoms with E-state index in [-0.39, 0.29) is 11.7 Å². The third-order valence-corrected chi connectivity index (χ3v) is 7.75. The SMILES string of the molecule is CC1(OC(=O)N2CCC([C@H]3C[C@@H]3COCc3ccc(S(C)(=O)=O)cc3)CC2)CC1. The van der Waals surface area contributed by atoms with Crippen LogP contribution in [0.15, 0.2) is 29.2 Å². The van der Waals surface area contributed by atoms with Gasteiger partial charge < -0.3 is 14.4 Å². The van der Waals surface area contributed by atoms with Gasteiger partial charge in [0.2, 0.25) is 0 Å². The monoisotopic (exact) mass is 421 g/mol. The van der Waals surface area contributed by atoms with Crippen LogP contribution < -0.4 is 0 Å². The molecule has 3 fully saturated rings. The first kappa shape index (κ1) is 20.7. The lowest BCUT2D eigenvalue weighted by molar-refractivity contribution is 0.0463. The Labute approximate surface area is 173 Å². The van der Waals surface area contributed by atoms with Gasteiger partial charge in [0.25, 0.3) is 0 Å². The van der Waals surface area contributed by atoms with E-state index in [1.54, 1.807) is 12.1 Å². The summed E-state index contributed by atoms with van der Waals surface area (Å²) in [6.07, 6.45) is 6.37. The van der Waals surface area contributed by atoms with Crippen molar-refractivity contribution in [2.45, 2.75) is 56.1 Å². The Balaban J connectivity index is 1.14. The van der Waals surface area contributed by atoms with Gasteiger partial charge in [0, 0.05) is 19.3 Å². The fourth-order valence-corrected chi connectivity index (χ4v) is 4.90. The summed E-state index contributed by atoms with van der Waals surface area (Å²) in [5.74, 6) is 2.00. The molecule has 0 aromatic heterocycles. The number of piperidine rings is 1. The molecule has 4 rings (SSSR count). The first-order valence-corrected chi connectivity index (χ1v) is 12.5. The number of amides is 1. The lowest BCUT2D eigenvalue weighted by Crippen LogP contribution is -2.40. The molecule has 1 saturated heterocycles. The summed E-state index contributed by atoms with van der Waals surface area (Å²) < 4.78 is 34.5. The molecule has 0 unspecified atom stereocenters. The molecule has 0 radical (unpaired) electrons. The van der Waals surface area contributed by atoms with Crippen LogP contribution in [0.2, 0.25) is 0 Å². The molecule has 7 heteroatoms. The summed E-state index contributed by atoms with van der Waals surface area (Å²) in [6.45, 7) is 4.87. The van der Waals surface area contributed by atoms with Crippen molar-refractivity contribution in [3.8, 4) is 0 Å². The number of hydrogen-bond acceptors (Lipinski definition) is 5. The van der Waals surface area contributed by atoms with Crippen molar-refractivity contribution in [3.63, 3.8) is 0 Å². The van der Waals surface area contributed by atoms with Gasteiger partial charge in [0.1, 0.15) is 5.60 Å². The normalized spacial score (nSPS) is 26.2. The van der Waals surface area contributed by atoms with E-state index in [9.17, 15) is 13.2 Å². The van der Waals surface area contributed by atoms with E-state index in [0.29, 0.717) is 29.3 Å². The first-order valence-electron chi connectivity index (χ1n) is 10.6. The van der Waals surface area contributed by atoms with Gasteiger partial charge in [-0.25, -0.2) is 13.2 Å². The average Bonchev–Trinajstić information content (AvgIpc) is 3.60. The quantitative estimate of drug-likeness (QED) is 0.672. The van der Waals surface area contributed by atoms with Crippen molar-refractivity contribution in [1.29, 1.82) is 0 Å². The van der Waals surface area contributed by atoms with Crippen LogP contribution in [0.1, 0.15) is 44.6 Å². The second-order valence-electron chi connectivity index (χ2n) is 9.23. The molecule has 2 atom stereocenters. The van der Waals surface area contributed by atoms with Gasteiger partial charge in [-0.1, -0.05) is 12.1 Å². The van der Waals surface area contributed by atoms with Gasteiger partial charge in [-0.15, -0.1) is 0 Å². The van der Waals surface area contributed by atoms with Crippen molar-refractivity contribution in [2.24, 2.45) is 17.8 Å². The summed E-state index contributed by atoms with van der Waals surface area (Å²) in [7, 11) is -3.15. The Bertz CT molecular complexity index is 838. The van der Waals surface area contributed by atoms with Gasteiger partial charge in [-0.2, -0.15) is 0 Å². The van der Waals surface area contributed by atoms with Gasteiger partial charge in [-0.3, -0.25) is 0 Å². The molecule has 160 valence electrons. The van der Waals surface area contributed by atoms with E-state index in [4.69, 9.17) is 9.47 Å². The largest absolute Gasteiger partial charge is 0.443 e. The van der Waals surface area contributed by atoms with E-state index < -0.39 is 9.84 Å². The molecule has 0 N–H and O–H groups in total. The lowest BCUT2D eigenvalue weighted by atomic mass is 9.91. The summed E-state index contributed by atoms with van der Waals surface area (Å²) in [5, 5.41) is 0. The van der Waals surface area contributed by atoms with Crippen LogP contribution in [0.25, 0.3) is 0 Å². The molecule has 29 heavy (non-hydrogen) atoms. The minimum absolute atomic E-state index is 0.138. The number of ether oxygens (including phenoxy) is 2. The molecule has 1 aliphatic heterocycles. The number of hydrogen-bond donors (Lipinski definition) is 0. The lowest BCUT2D eigenvalue weighted by Gasteiger charge is -2.32. The Hall–Kier alpha value is -1.60. The Morgan fingerprint density at radius 3 is 2.41 bits per heavy atom. The molecule has 2 saturated carbocycles. The highest BCUT2D eigenvalue weighted by atomic mass is 32.2. The van der Waals surface area contributed by atoms with Crippen LogP contribution in [0, 0.1) is 17.8 Å². The maximum absolute atomic E-state index is 12.2. The average molecular weight is 422 g/mol. The van der Waals surface area contributed by atoms with Crippen molar-refractivity contribution in [1.82, 2.24) is 4.90 Å². The maximum Gasteiger partial charge on any atom is 0.410 e. The van der Waals surface area contributed by atoms with Crippen molar-refractivity contribution < 1.29 is 22.7 Å². The zero-order valence-electron chi connectivity index (χ0n) is 17.3. The predicted octanol–water partition coefficient (Wildman–Crippen LogP) is 3.64. The number of benzene rings is 1. The number of nitrogens with zero attached hydrogens (tertiary/aromatic N) is 1. The molecule has 0 spiro atoms. The molecule has 1 aromatic carbocycles. The Kier molecular flexibility index (Phi) is 5.64. The minimum Gasteiger partial charge on any atom is -0.443 e. The molecular weight excluding hydrogens is 390 g/mol. The zero-order valence-corrected chi connectivity index (χ0v) is 18.1. The summed E-state index contributed by atoms with van der Waals surface area (Å²) >= 11 is 0. The summed E-state index contributed by atoms with van der Waals surface area (Å²) in [5.41, 5.74) is 0.795. The highest BCUT2D eigenvalue weighted by Gasteiger charge is 2.45. The highest BCUT2D eigenvalue weighted by Crippen LogP contribution is 2.48. The Morgan fingerprint density at radius 1 is 1.17 bits per heavy atom. The van der Waals surface area contributed by atoms with E-state index in [1.165, 1.54) is 12.7 Å². The van der Waals surface area contributed by atoms with E-state index in [0.717, 1.165) is 50.9 Å². The minimum atomic E-state index is -3.15. The third kappa shape index (κ3) is 5.31. The topological polar surface area (TPSA) is 72.9 Å². The van der Waals surface area contributed by atoms with Crippen molar-refractivity contribution in [3.05, 3.63) is 29.8 Å². The smallest absolute Gasteiger partial charge is 0.410 e. The maximum atomic E-state index is 12.2. The molecule has 0 bridgehead atoms. The number of sulfone groups is 1. The Morgan fingerprint density at radius 2 is 1.83 bits per heavy atom. The van der Waals surface area contributed by atoms with E-state index >= 15 is 0 Å². The molecule has 3 aliphatic rings. The molecule has 1 heterocycles. The standard InChI is InChI=1S/C22H31NO5S/c1-22(9-10-22)28-21(24)23-11-7-17(8-12-23)20-13-18(20)15-27-14-16-3-5-19(6-4-16)29(2,25)26/h3-6,17-18,20H,7-15H2,1-2H3/t18-,20-/m1/s1.